The Morgan fingerprint density at radius 1 is 1.22 bits per heavy atom. The van der Waals surface area contributed by atoms with Crippen molar-refractivity contribution in [2.24, 2.45) is 11.7 Å². The fourth-order valence-electron chi connectivity index (χ4n) is 3.10. The van der Waals surface area contributed by atoms with Gasteiger partial charge in [-0.2, -0.15) is 4.31 Å². The molecular formula is C19H31N3O4S. The number of nitrogens with one attached hydrogen (secondary N) is 1. The monoisotopic (exact) mass is 397 g/mol. The van der Waals surface area contributed by atoms with Gasteiger partial charge in [-0.05, 0) is 36.5 Å². The molecule has 1 amide bonds. The minimum atomic E-state index is -3.48. The molecule has 0 radical (unpaired) electrons. The van der Waals surface area contributed by atoms with E-state index in [2.05, 4.69) is 19.2 Å². The SMILES string of the molecule is CC(C)CC(CN)NC(=O)CCc1ccc(S(=O)(=O)N2CCOCC2)cc1. The lowest BCUT2D eigenvalue weighted by molar-refractivity contribution is -0.121. The van der Waals surface area contributed by atoms with Gasteiger partial charge in [0.25, 0.3) is 0 Å². The fraction of sp³-hybridized carbons (Fsp3) is 0.632. The van der Waals surface area contributed by atoms with Gasteiger partial charge in [0.05, 0.1) is 18.1 Å². The van der Waals surface area contributed by atoms with Crippen LogP contribution in [0.5, 0.6) is 0 Å². The molecule has 1 saturated heterocycles. The lowest BCUT2D eigenvalue weighted by atomic mass is 10.0. The maximum atomic E-state index is 12.6. The third kappa shape index (κ3) is 6.57. The zero-order chi connectivity index (χ0) is 19.9. The van der Waals surface area contributed by atoms with Crippen LogP contribution in [-0.4, -0.2) is 57.5 Å². The van der Waals surface area contributed by atoms with Gasteiger partial charge in [0, 0.05) is 32.1 Å². The van der Waals surface area contributed by atoms with E-state index in [-0.39, 0.29) is 16.8 Å². The Morgan fingerprint density at radius 3 is 2.41 bits per heavy atom. The summed E-state index contributed by atoms with van der Waals surface area (Å²) in [5.74, 6) is 0.441. The number of aryl methyl sites for hydroxylation is 1. The van der Waals surface area contributed by atoms with Crippen molar-refractivity contribution in [2.45, 2.75) is 44.0 Å². The Morgan fingerprint density at radius 2 is 1.85 bits per heavy atom. The number of benzene rings is 1. The zero-order valence-electron chi connectivity index (χ0n) is 16.2. The van der Waals surface area contributed by atoms with Crippen LogP contribution in [0.4, 0.5) is 0 Å². The maximum absolute atomic E-state index is 12.6. The molecular weight excluding hydrogens is 366 g/mol. The number of morpholine rings is 1. The van der Waals surface area contributed by atoms with Gasteiger partial charge in [-0.1, -0.05) is 26.0 Å². The molecule has 0 aliphatic carbocycles. The van der Waals surface area contributed by atoms with Crippen LogP contribution in [-0.2, 0) is 26.0 Å². The lowest BCUT2D eigenvalue weighted by Crippen LogP contribution is -2.41. The standard InChI is InChI=1S/C19H31N3O4S/c1-15(2)13-17(14-20)21-19(23)8-5-16-3-6-18(7-4-16)27(24,25)22-9-11-26-12-10-22/h3-4,6-7,15,17H,5,8-14,20H2,1-2H3,(H,21,23). The van der Waals surface area contributed by atoms with Gasteiger partial charge in [0.15, 0.2) is 0 Å². The number of ether oxygens (including phenoxy) is 1. The number of hydrogen-bond donors (Lipinski definition) is 2. The Hall–Kier alpha value is -1.48. The molecule has 1 heterocycles. The van der Waals surface area contributed by atoms with Gasteiger partial charge in [0.1, 0.15) is 0 Å². The molecule has 0 aromatic heterocycles. The van der Waals surface area contributed by atoms with Crippen molar-refractivity contribution in [1.29, 1.82) is 0 Å². The molecule has 1 aromatic carbocycles. The van der Waals surface area contributed by atoms with Crippen LogP contribution < -0.4 is 11.1 Å². The van der Waals surface area contributed by atoms with Gasteiger partial charge in [-0.15, -0.1) is 0 Å². The Bertz CT molecular complexity index is 698. The second-order valence-corrected chi connectivity index (χ2v) is 9.23. The molecule has 2 rings (SSSR count). The van der Waals surface area contributed by atoms with E-state index in [1.165, 1.54) is 4.31 Å². The number of sulfonamides is 1. The van der Waals surface area contributed by atoms with E-state index in [0.29, 0.717) is 51.6 Å². The summed E-state index contributed by atoms with van der Waals surface area (Å²) in [5.41, 5.74) is 6.64. The number of rotatable bonds is 9. The van der Waals surface area contributed by atoms with E-state index in [9.17, 15) is 13.2 Å². The van der Waals surface area contributed by atoms with Crippen molar-refractivity contribution < 1.29 is 17.9 Å². The first-order valence-corrected chi connectivity index (χ1v) is 10.9. The number of hydrogen-bond acceptors (Lipinski definition) is 5. The van der Waals surface area contributed by atoms with Gasteiger partial charge in [-0.3, -0.25) is 4.79 Å². The highest BCUT2D eigenvalue weighted by atomic mass is 32.2. The van der Waals surface area contributed by atoms with Gasteiger partial charge in [-0.25, -0.2) is 8.42 Å². The van der Waals surface area contributed by atoms with Crippen LogP contribution >= 0.6 is 0 Å². The number of nitrogens with zero attached hydrogens (tertiary/aromatic N) is 1. The maximum Gasteiger partial charge on any atom is 0.243 e. The molecule has 3 N–H and O–H groups in total. The normalized spacial score (nSPS) is 17.0. The average molecular weight is 398 g/mol. The summed E-state index contributed by atoms with van der Waals surface area (Å²) in [6, 6.07) is 6.77. The van der Waals surface area contributed by atoms with Crippen LogP contribution in [0.3, 0.4) is 0 Å². The summed E-state index contributed by atoms with van der Waals surface area (Å²) >= 11 is 0. The topological polar surface area (TPSA) is 102 Å². The lowest BCUT2D eigenvalue weighted by Gasteiger charge is -2.26. The number of amides is 1. The largest absolute Gasteiger partial charge is 0.379 e. The van der Waals surface area contributed by atoms with E-state index >= 15 is 0 Å². The molecule has 1 fully saturated rings. The van der Waals surface area contributed by atoms with E-state index < -0.39 is 10.0 Å². The summed E-state index contributed by atoms with van der Waals surface area (Å²) in [4.78, 5) is 12.4. The minimum absolute atomic E-state index is 0.00135. The molecule has 7 nitrogen and oxygen atoms in total. The molecule has 27 heavy (non-hydrogen) atoms. The summed E-state index contributed by atoms with van der Waals surface area (Å²) < 4.78 is 31.9. The summed E-state index contributed by atoms with van der Waals surface area (Å²) in [6.45, 7) is 6.23. The molecule has 152 valence electrons. The molecule has 1 atom stereocenters. The van der Waals surface area contributed by atoms with Crippen LogP contribution in [0.25, 0.3) is 0 Å². The molecule has 0 saturated carbocycles. The fourth-order valence-corrected chi connectivity index (χ4v) is 4.51. The van der Waals surface area contributed by atoms with Crippen LogP contribution in [0.2, 0.25) is 0 Å². The molecule has 0 spiro atoms. The molecule has 0 bridgehead atoms. The molecule has 1 aromatic rings. The summed E-state index contributed by atoms with van der Waals surface area (Å²) in [5, 5.41) is 2.97. The van der Waals surface area contributed by atoms with E-state index in [0.717, 1.165) is 12.0 Å². The predicted octanol–water partition coefficient (Wildman–Crippen LogP) is 1.13. The smallest absolute Gasteiger partial charge is 0.243 e. The number of carbonyl (C=O) groups is 1. The van der Waals surface area contributed by atoms with Crippen molar-refractivity contribution in [1.82, 2.24) is 9.62 Å². The second-order valence-electron chi connectivity index (χ2n) is 7.29. The Balaban J connectivity index is 1.89. The zero-order valence-corrected chi connectivity index (χ0v) is 17.0. The van der Waals surface area contributed by atoms with Crippen molar-refractivity contribution in [2.75, 3.05) is 32.8 Å². The molecule has 1 unspecified atom stereocenters. The van der Waals surface area contributed by atoms with Crippen molar-refractivity contribution in [3.63, 3.8) is 0 Å². The Labute approximate surface area is 162 Å². The summed E-state index contributed by atoms with van der Waals surface area (Å²) in [6.07, 6.45) is 1.77. The first-order valence-electron chi connectivity index (χ1n) is 9.49. The van der Waals surface area contributed by atoms with E-state index in [1.807, 2.05) is 0 Å². The first kappa shape index (κ1) is 21.8. The highest BCUT2D eigenvalue weighted by Crippen LogP contribution is 2.18. The molecule has 8 heteroatoms. The molecule has 1 aliphatic heterocycles. The quantitative estimate of drug-likeness (QED) is 0.650. The molecule has 1 aliphatic rings. The van der Waals surface area contributed by atoms with Gasteiger partial charge >= 0.3 is 0 Å². The predicted molar refractivity (Wildman–Crippen MR) is 105 cm³/mol. The first-order chi connectivity index (χ1) is 12.8. The van der Waals surface area contributed by atoms with E-state index in [4.69, 9.17) is 10.5 Å². The second kappa shape index (κ2) is 10.2. The highest BCUT2D eigenvalue weighted by Gasteiger charge is 2.26. The summed E-state index contributed by atoms with van der Waals surface area (Å²) in [7, 11) is -3.48. The van der Waals surface area contributed by atoms with Gasteiger partial charge in [0.2, 0.25) is 15.9 Å². The van der Waals surface area contributed by atoms with Crippen LogP contribution in [0, 0.1) is 5.92 Å². The Kier molecular flexibility index (Phi) is 8.22. The van der Waals surface area contributed by atoms with Crippen molar-refractivity contribution in [3.8, 4) is 0 Å². The van der Waals surface area contributed by atoms with Crippen LogP contribution in [0.15, 0.2) is 29.2 Å². The highest BCUT2D eigenvalue weighted by molar-refractivity contribution is 7.89. The van der Waals surface area contributed by atoms with Gasteiger partial charge < -0.3 is 15.8 Å². The number of nitrogens with two attached hydrogens (primary N) is 1. The van der Waals surface area contributed by atoms with Crippen molar-refractivity contribution in [3.05, 3.63) is 29.8 Å². The third-order valence-electron chi connectivity index (χ3n) is 4.58. The minimum Gasteiger partial charge on any atom is -0.379 e. The number of carbonyl (C=O) groups excluding carboxylic acids is 1. The third-order valence-corrected chi connectivity index (χ3v) is 6.49. The van der Waals surface area contributed by atoms with Crippen LogP contribution in [0.1, 0.15) is 32.3 Å². The van der Waals surface area contributed by atoms with Crippen molar-refractivity contribution >= 4 is 15.9 Å². The average Bonchev–Trinajstić information content (AvgIpc) is 2.66. The van der Waals surface area contributed by atoms with E-state index in [1.54, 1.807) is 24.3 Å².